The number of nitriles is 1. The number of allylic oxidation sites excluding steroid dienone is 2. The highest BCUT2D eigenvalue weighted by molar-refractivity contribution is 7.10. The average molecular weight is 318 g/mol. The number of hydrogen-bond acceptors (Lipinski definition) is 6. The van der Waals surface area contributed by atoms with Gasteiger partial charge in [0.1, 0.15) is 17.4 Å². The zero-order chi connectivity index (χ0) is 16.1. The predicted octanol–water partition coefficient (Wildman–Crippen LogP) is 3.17. The van der Waals surface area contributed by atoms with Gasteiger partial charge in [-0.2, -0.15) is 5.26 Å². The number of nitrogens with two attached hydrogens (primary N) is 1. The molecule has 1 atom stereocenters. The van der Waals surface area contributed by atoms with E-state index in [0.717, 1.165) is 11.3 Å². The summed E-state index contributed by atoms with van der Waals surface area (Å²) in [4.78, 5) is 13.3. The molecule has 0 saturated heterocycles. The van der Waals surface area contributed by atoms with Crippen LogP contribution in [0, 0.1) is 11.3 Å². The van der Waals surface area contributed by atoms with E-state index in [1.54, 1.807) is 6.92 Å². The summed E-state index contributed by atoms with van der Waals surface area (Å²) in [5, 5.41) is 11.3. The number of hydrogen-bond donors (Lipinski definition) is 1. The molecule has 0 bridgehead atoms. The van der Waals surface area contributed by atoms with E-state index in [9.17, 15) is 10.1 Å². The molecule has 0 saturated carbocycles. The lowest BCUT2D eigenvalue weighted by Crippen LogP contribution is -2.25. The van der Waals surface area contributed by atoms with Gasteiger partial charge in [-0.05, 0) is 24.8 Å². The summed E-state index contributed by atoms with van der Waals surface area (Å²) in [7, 11) is 0. The van der Waals surface area contributed by atoms with Crippen molar-refractivity contribution in [2.75, 3.05) is 6.61 Å². The van der Waals surface area contributed by atoms with Crippen LogP contribution in [0.4, 0.5) is 0 Å². The van der Waals surface area contributed by atoms with Gasteiger partial charge in [0.15, 0.2) is 0 Å². The summed E-state index contributed by atoms with van der Waals surface area (Å²) in [5.41, 5.74) is 6.54. The smallest absolute Gasteiger partial charge is 0.338 e. The third-order valence-corrected chi connectivity index (χ3v) is 4.23. The molecule has 5 nitrogen and oxygen atoms in total. The Balaban J connectivity index is 2.59. The highest BCUT2D eigenvalue weighted by Crippen LogP contribution is 2.42. The third kappa shape index (κ3) is 3.00. The molecule has 1 aliphatic rings. The Bertz CT molecular complexity index is 653. The van der Waals surface area contributed by atoms with Gasteiger partial charge in [0.05, 0.1) is 18.1 Å². The fraction of sp³-hybridized carbons (Fsp3) is 0.375. The molecule has 2 rings (SSSR count). The van der Waals surface area contributed by atoms with E-state index in [-0.39, 0.29) is 18.1 Å². The summed E-state index contributed by atoms with van der Waals surface area (Å²) in [6.07, 6.45) is 1.36. The summed E-state index contributed by atoms with van der Waals surface area (Å²) < 4.78 is 10.7. The maximum absolute atomic E-state index is 12.4. The lowest BCUT2D eigenvalue weighted by molar-refractivity contribution is -0.139. The molecule has 1 aromatic heterocycles. The first-order valence-electron chi connectivity index (χ1n) is 7.15. The number of nitrogens with zero attached hydrogens (tertiary/aromatic N) is 1. The molecule has 0 spiro atoms. The third-order valence-electron chi connectivity index (χ3n) is 3.30. The number of carbonyl (C=O) groups excluding carboxylic acids is 1. The summed E-state index contributed by atoms with van der Waals surface area (Å²) in [6.45, 7) is 4.00. The van der Waals surface area contributed by atoms with Crippen LogP contribution >= 0.6 is 11.3 Å². The molecule has 22 heavy (non-hydrogen) atoms. The first-order chi connectivity index (χ1) is 10.6. The normalized spacial score (nSPS) is 18.0. The maximum atomic E-state index is 12.4. The van der Waals surface area contributed by atoms with Crippen LogP contribution < -0.4 is 5.73 Å². The second kappa shape index (κ2) is 7.14. The number of ether oxygens (including phenoxy) is 2. The molecule has 1 aliphatic heterocycles. The Kier molecular flexibility index (Phi) is 5.23. The van der Waals surface area contributed by atoms with Crippen molar-refractivity contribution in [1.82, 2.24) is 0 Å². The van der Waals surface area contributed by atoms with E-state index in [4.69, 9.17) is 15.2 Å². The van der Waals surface area contributed by atoms with Gasteiger partial charge in [0.2, 0.25) is 5.88 Å². The first-order valence-corrected chi connectivity index (χ1v) is 8.03. The topological polar surface area (TPSA) is 85.3 Å². The van der Waals surface area contributed by atoms with Crippen LogP contribution in [0.2, 0.25) is 0 Å². The molecule has 2 N–H and O–H groups in total. The highest BCUT2D eigenvalue weighted by atomic mass is 32.1. The van der Waals surface area contributed by atoms with E-state index in [2.05, 4.69) is 6.07 Å². The molecule has 0 aromatic carbocycles. The monoisotopic (exact) mass is 318 g/mol. The van der Waals surface area contributed by atoms with Gasteiger partial charge in [-0.3, -0.25) is 0 Å². The van der Waals surface area contributed by atoms with Crippen molar-refractivity contribution in [3.8, 4) is 6.07 Å². The minimum absolute atomic E-state index is 0.0670. The summed E-state index contributed by atoms with van der Waals surface area (Å²) in [6, 6.07) is 5.84. The van der Waals surface area contributed by atoms with Crippen molar-refractivity contribution in [1.29, 1.82) is 5.26 Å². The van der Waals surface area contributed by atoms with Gasteiger partial charge in [-0.25, -0.2) is 4.79 Å². The van der Waals surface area contributed by atoms with Gasteiger partial charge >= 0.3 is 5.97 Å². The molecule has 0 unspecified atom stereocenters. The molecule has 0 fully saturated rings. The van der Waals surface area contributed by atoms with E-state index < -0.39 is 11.9 Å². The molecule has 6 heteroatoms. The molecule has 0 radical (unpaired) electrons. The second-order valence-electron chi connectivity index (χ2n) is 4.75. The standard InChI is InChI=1S/C16H18N2O3S/c1-3-6-11-14(16(19)20-4-2)13(12-7-5-8-22-12)10(9-17)15(18)21-11/h5,7-8,13H,3-4,6,18H2,1-2H3/t13-/m1/s1. The van der Waals surface area contributed by atoms with Crippen molar-refractivity contribution in [3.63, 3.8) is 0 Å². The fourth-order valence-electron chi connectivity index (χ4n) is 2.40. The molecular formula is C16H18N2O3S. The Morgan fingerprint density at radius 3 is 2.86 bits per heavy atom. The summed E-state index contributed by atoms with van der Waals surface area (Å²) >= 11 is 1.47. The number of rotatable bonds is 5. The van der Waals surface area contributed by atoms with Crippen LogP contribution in [-0.4, -0.2) is 12.6 Å². The Hall–Kier alpha value is -2.26. The largest absolute Gasteiger partial charge is 0.463 e. The second-order valence-corrected chi connectivity index (χ2v) is 5.73. The molecule has 0 aliphatic carbocycles. The van der Waals surface area contributed by atoms with E-state index >= 15 is 0 Å². The van der Waals surface area contributed by atoms with Crippen LogP contribution in [0.5, 0.6) is 0 Å². The zero-order valence-electron chi connectivity index (χ0n) is 12.6. The highest BCUT2D eigenvalue weighted by Gasteiger charge is 2.37. The Morgan fingerprint density at radius 2 is 2.32 bits per heavy atom. The van der Waals surface area contributed by atoms with Gasteiger partial charge in [0, 0.05) is 11.3 Å². The van der Waals surface area contributed by atoms with Crippen LogP contribution in [0.15, 0.2) is 40.3 Å². The predicted molar refractivity (Wildman–Crippen MR) is 83.5 cm³/mol. The molecule has 0 amide bonds. The maximum Gasteiger partial charge on any atom is 0.338 e. The molecule has 1 aromatic rings. The first kappa shape index (κ1) is 16.1. The Labute approximate surface area is 133 Å². The molecular weight excluding hydrogens is 300 g/mol. The molecule has 116 valence electrons. The molecule has 2 heterocycles. The van der Waals surface area contributed by atoms with E-state index in [1.165, 1.54) is 11.3 Å². The number of esters is 1. The van der Waals surface area contributed by atoms with Gasteiger partial charge < -0.3 is 15.2 Å². The number of thiophene rings is 1. The zero-order valence-corrected chi connectivity index (χ0v) is 13.4. The number of carbonyl (C=O) groups is 1. The SMILES string of the molecule is CCCC1=C(C(=O)OCC)[C@@H](c2cccs2)C(C#N)=C(N)O1. The van der Waals surface area contributed by atoms with Crippen molar-refractivity contribution >= 4 is 17.3 Å². The van der Waals surface area contributed by atoms with Gasteiger partial charge in [0.25, 0.3) is 0 Å². The lowest BCUT2D eigenvalue weighted by atomic mass is 9.86. The van der Waals surface area contributed by atoms with Crippen LogP contribution in [0.25, 0.3) is 0 Å². The van der Waals surface area contributed by atoms with Crippen LogP contribution in [0.1, 0.15) is 37.5 Å². The van der Waals surface area contributed by atoms with Crippen LogP contribution in [0.3, 0.4) is 0 Å². The van der Waals surface area contributed by atoms with E-state index in [1.807, 2.05) is 24.4 Å². The van der Waals surface area contributed by atoms with Crippen molar-refractivity contribution in [2.24, 2.45) is 5.73 Å². The van der Waals surface area contributed by atoms with Crippen molar-refractivity contribution in [3.05, 3.63) is 45.2 Å². The average Bonchev–Trinajstić information content (AvgIpc) is 3.01. The minimum Gasteiger partial charge on any atom is -0.463 e. The van der Waals surface area contributed by atoms with Gasteiger partial charge in [-0.1, -0.05) is 13.0 Å². The van der Waals surface area contributed by atoms with E-state index in [0.29, 0.717) is 17.8 Å². The van der Waals surface area contributed by atoms with Crippen molar-refractivity contribution in [2.45, 2.75) is 32.6 Å². The van der Waals surface area contributed by atoms with Gasteiger partial charge in [-0.15, -0.1) is 11.3 Å². The summed E-state index contributed by atoms with van der Waals surface area (Å²) in [5.74, 6) is -0.405. The fourth-order valence-corrected chi connectivity index (χ4v) is 3.25. The minimum atomic E-state index is -0.514. The van der Waals surface area contributed by atoms with Crippen LogP contribution in [-0.2, 0) is 14.3 Å². The van der Waals surface area contributed by atoms with Crippen molar-refractivity contribution < 1.29 is 14.3 Å². The Morgan fingerprint density at radius 1 is 1.55 bits per heavy atom. The lowest BCUT2D eigenvalue weighted by Gasteiger charge is -2.27. The quantitative estimate of drug-likeness (QED) is 0.843.